The standard InChI is InChI=1S/C30H35N4O5P/c1-4-38-40(37,39-5-2)25-16-17-27-26(20-25)28(30(36)33-27)29(22-10-7-6-8-11-22)32-23-12-14-24(15-13-23)34(21(3)35)19-9-18-31/h6-8,10-17,20,32H,4-5,9,18-19,31H2,1-3H3,(H,33,36). The molecular weight excluding hydrogens is 527 g/mol. The first-order chi connectivity index (χ1) is 19.3. The van der Waals surface area contributed by atoms with Gasteiger partial charge in [-0.25, -0.2) is 0 Å². The van der Waals surface area contributed by atoms with Gasteiger partial charge in [-0.15, -0.1) is 0 Å². The van der Waals surface area contributed by atoms with Gasteiger partial charge in [-0.1, -0.05) is 30.3 Å². The number of nitrogens with two attached hydrogens (primary N) is 1. The lowest BCUT2D eigenvalue weighted by atomic mass is 10.00. The molecule has 3 aromatic rings. The maximum atomic E-state index is 13.5. The van der Waals surface area contributed by atoms with Gasteiger partial charge in [0.1, 0.15) is 0 Å². The predicted molar refractivity (Wildman–Crippen MR) is 161 cm³/mol. The number of carbonyl (C=O) groups is 2. The van der Waals surface area contributed by atoms with Gasteiger partial charge in [0.15, 0.2) is 0 Å². The summed E-state index contributed by atoms with van der Waals surface area (Å²) in [7, 11) is -3.57. The highest BCUT2D eigenvalue weighted by Crippen LogP contribution is 2.48. The molecule has 0 atom stereocenters. The summed E-state index contributed by atoms with van der Waals surface area (Å²) in [5, 5.41) is 6.72. The van der Waals surface area contributed by atoms with Gasteiger partial charge in [-0.3, -0.25) is 14.2 Å². The van der Waals surface area contributed by atoms with Crippen LogP contribution in [0.25, 0.3) is 11.3 Å². The molecule has 0 radical (unpaired) electrons. The summed E-state index contributed by atoms with van der Waals surface area (Å²) < 4.78 is 24.6. The van der Waals surface area contributed by atoms with E-state index in [0.29, 0.717) is 47.3 Å². The molecule has 2 amide bonds. The van der Waals surface area contributed by atoms with Crippen molar-refractivity contribution in [2.24, 2.45) is 5.73 Å². The number of nitrogens with zero attached hydrogens (tertiary/aromatic N) is 1. The first kappa shape index (κ1) is 29.2. The second-order valence-corrected chi connectivity index (χ2v) is 11.1. The zero-order valence-corrected chi connectivity index (χ0v) is 23.9. The number of carbonyl (C=O) groups excluding carboxylic acids is 2. The molecule has 3 aromatic carbocycles. The van der Waals surface area contributed by atoms with Crippen LogP contribution in [0.5, 0.6) is 0 Å². The number of hydrogen-bond donors (Lipinski definition) is 3. The van der Waals surface area contributed by atoms with E-state index in [4.69, 9.17) is 14.8 Å². The summed E-state index contributed by atoms with van der Waals surface area (Å²) in [5.74, 6) is -0.352. The van der Waals surface area contributed by atoms with Crippen molar-refractivity contribution in [1.29, 1.82) is 0 Å². The number of fused-ring (bicyclic) bond motifs is 1. The van der Waals surface area contributed by atoms with Crippen molar-refractivity contribution in [1.82, 2.24) is 0 Å². The van der Waals surface area contributed by atoms with Crippen molar-refractivity contribution in [2.75, 3.05) is 41.8 Å². The molecule has 0 fully saturated rings. The van der Waals surface area contributed by atoms with Crippen LogP contribution in [-0.4, -0.2) is 38.1 Å². The molecule has 0 aliphatic carbocycles. The lowest BCUT2D eigenvalue weighted by molar-refractivity contribution is -0.116. The number of anilines is 3. The molecule has 0 saturated carbocycles. The minimum Gasteiger partial charge on any atom is -0.354 e. The van der Waals surface area contributed by atoms with E-state index < -0.39 is 7.60 Å². The third-order valence-electron chi connectivity index (χ3n) is 6.39. The molecule has 210 valence electrons. The third kappa shape index (κ3) is 6.35. The molecule has 40 heavy (non-hydrogen) atoms. The van der Waals surface area contributed by atoms with E-state index in [1.165, 1.54) is 6.92 Å². The van der Waals surface area contributed by atoms with E-state index in [0.717, 1.165) is 16.9 Å². The van der Waals surface area contributed by atoms with Crippen molar-refractivity contribution in [3.63, 3.8) is 0 Å². The fraction of sp³-hybridized carbons (Fsp3) is 0.267. The van der Waals surface area contributed by atoms with Gasteiger partial charge in [0, 0.05) is 36.1 Å². The van der Waals surface area contributed by atoms with Crippen LogP contribution in [0.1, 0.15) is 38.3 Å². The summed E-state index contributed by atoms with van der Waals surface area (Å²) >= 11 is 0. The Morgan fingerprint density at radius 2 is 1.68 bits per heavy atom. The fourth-order valence-electron chi connectivity index (χ4n) is 4.57. The Balaban J connectivity index is 1.79. The van der Waals surface area contributed by atoms with Crippen LogP contribution in [0.2, 0.25) is 0 Å². The average Bonchev–Trinajstić information content (AvgIpc) is 3.28. The van der Waals surface area contributed by atoms with Crippen molar-refractivity contribution in [3.8, 4) is 0 Å². The summed E-state index contributed by atoms with van der Waals surface area (Å²) in [5.41, 5.74) is 10.1. The van der Waals surface area contributed by atoms with Crippen molar-refractivity contribution in [3.05, 3.63) is 83.9 Å². The van der Waals surface area contributed by atoms with Gasteiger partial charge >= 0.3 is 7.60 Å². The third-order valence-corrected chi connectivity index (χ3v) is 8.50. The lowest BCUT2D eigenvalue weighted by Crippen LogP contribution is -2.30. The number of nitrogens with one attached hydrogen (secondary N) is 2. The highest BCUT2D eigenvalue weighted by molar-refractivity contribution is 7.62. The second kappa shape index (κ2) is 13.1. The van der Waals surface area contributed by atoms with E-state index >= 15 is 0 Å². The fourth-order valence-corrected chi connectivity index (χ4v) is 6.17. The first-order valence-electron chi connectivity index (χ1n) is 13.3. The highest BCUT2D eigenvalue weighted by Gasteiger charge is 2.33. The quantitative estimate of drug-likeness (QED) is 0.205. The van der Waals surface area contributed by atoms with Crippen LogP contribution in [0, 0.1) is 0 Å². The van der Waals surface area contributed by atoms with Gasteiger partial charge in [-0.05, 0) is 74.8 Å². The van der Waals surface area contributed by atoms with Crippen LogP contribution in [-0.2, 0) is 23.2 Å². The Bertz CT molecular complexity index is 1430. The number of benzene rings is 3. The van der Waals surface area contributed by atoms with Gasteiger partial charge in [0.25, 0.3) is 5.91 Å². The van der Waals surface area contributed by atoms with Crippen LogP contribution >= 0.6 is 7.60 Å². The molecule has 1 aliphatic heterocycles. The zero-order valence-electron chi connectivity index (χ0n) is 23.0. The first-order valence-corrected chi connectivity index (χ1v) is 14.9. The summed E-state index contributed by atoms with van der Waals surface area (Å²) in [6.45, 7) is 6.50. The van der Waals surface area contributed by atoms with Crippen molar-refractivity contribution >= 4 is 53.0 Å². The topological polar surface area (TPSA) is 123 Å². The average molecular weight is 563 g/mol. The van der Waals surface area contributed by atoms with Crippen LogP contribution in [0.15, 0.2) is 72.8 Å². The molecular formula is C30H35N4O5P. The summed E-state index contributed by atoms with van der Waals surface area (Å²) in [6.07, 6.45) is 0.694. The number of amides is 2. The summed E-state index contributed by atoms with van der Waals surface area (Å²) in [4.78, 5) is 27.2. The Morgan fingerprint density at radius 1 is 1.00 bits per heavy atom. The molecule has 0 aromatic heterocycles. The molecule has 0 unspecified atom stereocenters. The molecule has 4 rings (SSSR count). The largest absolute Gasteiger partial charge is 0.361 e. The van der Waals surface area contributed by atoms with Crippen molar-refractivity contribution < 1.29 is 23.2 Å². The zero-order chi connectivity index (χ0) is 28.7. The van der Waals surface area contributed by atoms with E-state index in [-0.39, 0.29) is 25.0 Å². The van der Waals surface area contributed by atoms with Crippen LogP contribution < -0.4 is 26.6 Å². The van der Waals surface area contributed by atoms with E-state index in [1.54, 1.807) is 36.9 Å². The van der Waals surface area contributed by atoms with E-state index in [9.17, 15) is 14.2 Å². The molecule has 10 heteroatoms. The Kier molecular flexibility index (Phi) is 9.55. The van der Waals surface area contributed by atoms with E-state index in [2.05, 4.69) is 10.6 Å². The normalized spacial score (nSPS) is 13.9. The minimum absolute atomic E-state index is 0.0623. The Labute approximate surface area is 234 Å². The Hall–Kier alpha value is -3.75. The van der Waals surface area contributed by atoms with Gasteiger partial charge in [-0.2, -0.15) is 0 Å². The molecule has 1 heterocycles. The number of hydrogen-bond acceptors (Lipinski definition) is 7. The predicted octanol–water partition coefficient (Wildman–Crippen LogP) is 5.21. The van der Waals surface area contributed by atoms with Gasteiger partial charge < -0.3 is 30.3 Å². The highest BCUT2D eigenvalue weighted by atomic mass is 31.2. The number of rotatable bonds is 12. The molecule has 0 spiro atoms. The Morgan fingerprint density at radius 3 is 2.27 bits per heavy atom. The molecule has 4 N–H and O–H groups in total. The SMILES string of the molecule is CCOP(=O)(OCC)c1ccc2c(c1)C(=C(Nc1ccc(N(CCCN)C(C)=O)cc1)c1ccccc1)C(=O)N2. The lowest BCUT2D eigenvalue weighted by Gasteiger charge is -2.22. The molecule has 0 saturated heterocycles. The maximum Gasteiger partial charge on any atom is 0.361 e. The van der Waals surface area contributed by atoms with E-state index in [1.807, 2.05) is 54.6 Å². The van der Waals surface area contributed by atoms with Crippen LogP contribution in [0.3, 0.4) is 0 Å². The molecule has 0 bridgehead atoms. The monoisotopic (exact) mass is 562 g/mol. The van der Waals surface area contributed by atoms with Crippen LogP contribution in [0.4, 0.5) is 17.1 Å². The van der Waals surface area contributed by atoms with Gasteiger partial charge in [0.2, 0.25) is 5.91 Å². The van der Waals surface area contributed by atoms with Crippen molar-refractivity contribution in [2.45, 2.75) is 27.2 Å². The van der Waals surface area contributed by atoms with Gasteiger partial charge in [0.05, 0.1) is 29.8 Å². The molecule has 9 nitrogen and oxygen atoms in total. The minimum atomic E-state index is -3.57. The maximum absolute atomic E-state index is 13.5. The smallest absolute Gasteiger partial charge is 0.354 e. The summed E-state index contributed by atoms with van der Waals surface area (Å²) in [6, 6.07) is 22.0. The molecule has 1 aliphatic rings. The second-order valence-electron chi connectivity index (χ2n) is 9.12.